The first-order chi connectivity index (χ1) is 22.0. The maximum absolute atomic E-state index is 9.93. The summed E-state index contributed by atoms with van der Waals surface area (Å²) >= 11 is 0. The number of hydrogen-bond acceptors (Lipinski definition) is 3. The Labute approximate surface area is 260 Å². The van der Waals surface area contributed by atoms with Crippen LogP contribution in [0, 0.1) is 28.6 Å². The first-order valence-corrected chi connectivity index (χ1v) is 15.3. The van der Waals surface area contributed by atoms with Gasteiger partial charge in [-0.1, -0.05) is 68.4 Å². The van der Waals surface area contributed by atoms with Crippen LogP contribution in [0.1, 0.15) is 47.4 Å². The Balaban J connectivity index is 1.27. The first kappa shape index (κ1) is 25.6. The third kappa shape index (κ3) is 3.51. The molecule has 5 aromatic carbocycles. The van der Waals surface area contributed by atoms with Crippen molar-refractivity contribution in [2.24, 2.45) is 5.92 Å². The third-order valence-corrected chi connectivity index (χ3v) is 10.2. The Kier molecular flexibility index (Phi) is 5.18. The Morgan fingerprint density at radius 3 is 2.36 bits per heavy atom. The molecule has 0 radical (unpaired) electrons. The smallest absolute Gasteiger partial charge is 0.134 e. The monoisotopic (exact) mass is 577 g/mol. The molecule has 2 aliphatic rings. The van der Waals surface area contributed by atoms with Gasteiger partial charge in [-0.05, 0) is 82.3 Å². The number of furan rings is 1. The quantitative estimate of drug-likeness (QED) is 0.205. The van der Waals surface area contributed by atoms with Crippen LogP contribution in [0.4, 0.5) is 0 Å². The Morgan fingerprint density at radius 1 is 0.733 bits per heavy atom. The van der Waals surface area contributed by atoms with Crippen LogP contribution in [0.5, 0.6) is 0 Å². The number of allylic oxidation sites excluding steroid dienone is 1. The predicted molar refractivity (Wildman–Crippen MR) is 180 cm³/mol. The van der Waals surface area contributed by atoms with Crippen LogP contribution in [0.15, 0.2) is 108 Å². The highest BCUT2D eigenvalue weighted by atomic mass is 16.3. The third-order valence-electron chi connectivity index (χ3n) is 10.2. The molecule has 0 spiro atoms. The molecule has 0 amide bonds. The number of nitriles is 2. The average molecular weight is 578 g/mol. The van der Waals surface area contributed by atoms with Gasteiger partial charge in [-0.2, -0.15) is 10.5 Å². The van der Waals surface area contributed by atoms with Crippen molar-refractivity contribution >= 4 is 44.4 Å². The molecule has 7 aromatic rings. The summed E-state index contributed by atoms with van der Waals surface area (Å²) in [5, 5.41) is 22.7. The highest BCUT2D eigenvalue weighted by Gasteiger charge is 2.45. The van der Waals surface area contributed by atoms with Crippen molar-refractivity contribution in [1.29, 1.82) is 10.5 Å². The fourth-order valence-electron chi connectivity index (χ4n) is 7.92. The van der Waals surface area contributed by atoms with Gasteiger partial charge >= 0.3 is 0 Å². The minimum atomic E-state index is 0.0396. The standard InChI is InChI=1S/C41H27N3O/c1-41(2)34-9-5-3-7-28(34)30-20-33-32-19-26(13-16-39(32)45-40(33)21-35(30)41)27-14-11-25(23-43)18-38(27)44-36-10-6-4-8-29(36)31-17-24(22-42)12-15-37(31)44/h3-20,35H,21H2,1-2H3. The van der Waals surface area contributed by atoms with Crippen molar-refractivity contribution in [2.45, 2.75) is 25.7 Å². The van der Waals surface area contributed by atoms with Crippen LogP contribution < -0.4 is 0 Å². The lowest BCUT2D eigenvalue weighted by Gasteiger charge is -2.30. The van der Waals surface area contributed by atoms with Gasteiger partial charge < -0.3 is 8.98 Å². The molecular weight excluding hydrogens is 550 g/mol. The maximum atomic E-state index is 9.93. The fourth-order valence-corrected chi connectivity index (χ4v) is 7.92. The molecule has 0 fully saturated rings. The molecular formula is C41H27N3O. The van der Waals surface area contributed by atoms with E-state index in [1.807, 2.05) is 42.5 Å². The van der Waals surface area contributed by atoms with Crippen LogP contribution in [-0.2, 0) is 11.8 Å². The summed E-state index contributed by atoms with van der Waals surface area (Å²) in [5.41, 5.74) is 12.5. The van der Waals surface area contributed by atoms with Crippen LogP contribution in [-0.4, -0.2) is 4.57 Å². The Morgan fingerprint density at radius 2 is 1.49 bits per heavy atom. The molecule has 4 heteroatoms. The number of rotatable bonds is 2. The van der Waals surface area contributed by atoms with Crippen LogP contribution in [0.25, 0.3) is 61.2 Å². The molecule has 0 N–H and O–H groups in total. The van der Waals surface area contributed by atoms with Crippen molar-refractivity contribution in [3.63, 3.8) is 0 Å². The molecule has 1 atom stereocenters. The second kappa shape index (κ2) is 9.08. The number of hydrogen-bond donors (Lipinski definition) is 0. The number of aromatic nitrogens is 1. The zero-order valence-electron chi connectivity index (χ0n) is 24.9. The first-order valence-electron chi connectivity index (χ1n) is 15.3. The van der Waals surface area contributed by atoms with Gasteiger partial charge in [-0.25, -0.2) is 0 Å². The van der Waals surface area contributed by atoms with E-state index in [2.05, 4.69) is 97.3 Å². The lowest BCUT2D eigenvalue weighted by molar-refractivity contribution is 0.382. The van der Waals surface area contributed by atoms with Crippen molar-refractivity contribution in [3.05, 3.63) is 137 Å². The van der Waals surface area contributed by atoms with Crippen molar-refractivity contribution in [3.8, 4) is 29.0 Å². The highest BCUT2D eigenvalue weighted by Crippen LogP contribution is 2.55. The zero-order valence-corrected chi connectivity index (χ0v) is 24.9. The van der Waals surface area contributed by atoms with Gasteiger partial charge in [-0.15, -0.1) is 0 Å². The average Bonchev–Trinajstić information content (AvgIpc) is 3.68. The molecule has 45 heavy (non-hydrogen) atoms. The molecule has 0 saturated heterocycles. The fraction of sp³-hybridized carbons (Fsp3) is 0.122. The molecule has 212 valence electrons. The van der Waals surface area contributed by atoms with Crippen molar-refractivity contribution in [2.75, 3.05) is 0 Å². The SMILES string of the molecule is CC1(C)c2ccccc2C2=Cc3c(oc4ccc(-c5ccc(C#N)cc5-n5c6ccccc6c6cc(C#N)ccc65)cc34)CC21. The van der Waals surface area contributed by atoms with Crippen LogP contribution in [0.3, 0.4) is 0 Å². The highest BCUT2D eigenvalue weighted by molar-refractivity contribution is 6.10. The van der Waals surface area contributed by atoms with E-state index in [4.69, 9.17) is 4.42 Å². The van der Waals surface area contributed by atoms with Gasteiger partial charge in [0.15, 0.2) is 0 Å². The lowest BCUT2D eigenvalue weighted by Crippen LogP contribution is -2.26. The van der Waals surface area contributed by atoms with Crippen molar-refractivity contribution < 1.29 is 4.42 Å². The topological polar surface area (TPSA) is 65.7 Å². The molecule has 2 aliphatic carbocycles. The summed E-state index contributed by atoms with van der Waals surface area (Å²) in [4.78, 5) is 0. The van der Waals surface area contributed by atoms with E-state index >= 15 is 0 Å². The Bertz CT molecular complexity index is 2520. The van der Waals surface area contributed by atoms with E-state index in [0.717, 1.165) is 61.8 Å². The molecule has 0 bridgehead atoms. The molecule has 2 heterocycles. The lowest BCUT2D eigenvalue weighted by atomic mass is 9.73. The summed E-state index contributed by atoms with van der Waals surface area (Å²) in [6, 6.07) is 39.9. The summed E-state index contributed by atoms with van der Waals surface area (Å²) in [5.74, 6) is 1.43. The molecule has 0 saturated carbocycles. The summed E-state index contributed by atoms with van der Waals surface area (Å²) in [6.45, 7) is 4.70. The van der Waals surface area contributed by atoms with Gasteiger partial charge in [0.2, 0.25) is 0 Å². The van der Waals surface area contributed by atoms with E-state index in [9.17, 15) is 10.5 Å². The molecule has 9 rings (SSSR count). The van der Waals surface area contributed by atoms with Gasteiger partial charge in [0.05, 0.1) is 40.0 Å². The van der Waals surface area contributed by atoms with Crippen molar-refractivity contribution in [1.82, 2.24) is 4.57 Å². The predicted octanol–water partition coefficient (Wildman–Crippen LogP) is 9.94. The van der Waals surface area contributed by atoms with Gasteiger partial charge in [0.1, 0.15) is 11.3 Å². The summed E-state index contributed by atoms with van der Waals surface area (Å²) in [7, 11) is 0. The number of nitrogens with zero attached hydrogens (tertiary/aromatic N) is 3. The van der Waals surface area contributed by atoms with Gasteiger partial charge in [0.25, 0.3) is 0 Å². The minimum Gasteiger partial charge on any atom is -0.460 e. The van der Waals surface area contributed by atoms with E-state index in [0.29, 0.717) is 17.0 Å². The molecule has 1 unspecified atom stereocenters. The maximum Gasteiger partial charge on any atom is 0.134 e. The van der Waals surface area contributed by atoms with E-state index < -0.39 is 0 Å². The van der Waals surface area contributed by atoms with Gasteiger partial charge in [-0.3, -0.25) is 0 Å². The summed E-state index contributed by atoms with van der Waals surface area (Å²) < 4.78 is 8.76. The zero-order chi connectivity index (χ0) is 30.4. The van der Waals surface area contributed by atoms with E-state index in [1.165, 1.54) is 22.3 Å². The number of benzene rings is 5. The number of fused-ring (bicyclic) bond motifs is 9. The molecule has 0 aliphatic heterocycles. The Hall–Kier alpha value is -5.84. The van der Waals surface area contributed by atoms with E-state index in [1.54, 1.807) is 0 Å². The number of para-hydroxylation sites is 1. The van der Waals surface area contributed by atoms with E-state index in [-0.39, 0.29) is 5.41 Å². The summed E-state index contributed by atoms with van der Waals surface area (Å²) in [6.07, 6.45) is 3.24. The second-order valence-corrected chi connectivity index (χ2v) is 12.8. The van der Waals surface area contributed by atoms with Crippen LogP contribution >= 0.6 is 0 Å². The normalized spacial score (nSPS) is 16.2. The molecule has 4 nitrogen and oxygen atoms in total. The van der Waals surface area contributed by atoms with Gasteiger partial charge in [0, 0.05) is 39.6 Å². The molecule has 2 aromatic heterocycles. The van der Waals surface area contributed by atoms with Crippen LogP contribution in [0.2, 0.25) is 0 Å². The largest absolute Gasteiger partial charge is 0.460 e. The minimum absolute atomic E-state index is 0.0396. The second-order valence-electron chi connectivity index (χ2n) is 12.8.